The molecule has 6 heteroatoms. The van der Waals surface area contributed by atoms with Gasteiger partial charge in [-0.25, -0.2) is 0 Å². The highest BCUT2D eigenvalue weighted by molar-refractivity contribution is 5.99. The van der Waals surface area contributed by atoms with Gasteiger partial charge >= 0.3 is 0 Å². The molecule has 1 amide bonds. The molecule has 0 unspecified atom stereocenters. The molecule has 0 saturated carbocycles. The zero-order chi connectivity index (χ0) is 14.5. The summed E-state index contributed by atoms with van der Waals surface area (Å²) >= 11 is 0. The molecule has 1 aromatic heterocycles. The Morgan fingerprint density at radius 3 is 2.75 bits per heavy atom. The van der Waals surface area contributed by atoms with E-state index in [4.69, 9.17) is 10.5 Å². The third kappa shape index (κ3) is 2.97. The van der Waals surface area contributed by atoms with Gasteiger partial charge in [0.1, 0.15) is 5.75 Å². The normalized spacial score (nSPS) is 11.9. The van der Waals surface area contributed by atoms with Crippen LogP contribution in [0.1, 0.15) is 17.3 Å². The Kier molecular flexibility index (Phi) is 4.37. The van der Waals surface area contributed by atoms with Gasteiger partial charge in [0.2, 0.25) is 0 Å². The van der Waals surface area contributed by atoms with Crippen molar-refractivity contribution in [1.29, 1.82) is 0 Å². The Bertz CT molecular complexity index is 577. The average molecular weight is 274 g/mol. The number of hydrogen-bond donors (Lipinski definition) is 3. The highest BCUT2D eigenvalue weighted by atomic mass is 16.5. The number of benzene rings is 1. The molecular formula is C14H18N4O2. The van der Waals surface area contributed by atoms with Crippen molar-refractivity contribution < 1.29 is 9.53 Å². The highest BCUT2D eigenvalue weighted by Crippen LogP contribution is 2.23. The van der Waals surface area contributed by atoms with Crippen LogP contribution in [0, 0.1) is 0 Å². The van der Waals surface area contributed by atoms with E-state index in [1.54, 1.807) is 7.11 Å². The van der Waals surface area contributed by atoms with Crippen molar-refractivity contribution in [1.82, 2.24) is 15.5 Å². The maximum atomic E-state index is 12.1. The Labute approximate surface area is 117 Å². The molecule has 0 spiro atoms. The number of amides is 1. The lowest BCUT2D eigenvalue weighted by Crippen LogP contribution is -2.37. The minimum Gasteiger partial charge on any atom is -0.497 e. The smallest absolute Gasteiger partial charge is 0.255 e. The summed E-state index contributed by atoms with van der Waals surface area (Å²) in [5.74, 6) is 0.568. The lowest BCUT2D eigenvalue weighted by atomic mass is 10.1. The molecule has 0 aliphatic carbocycles. The van der Waals surface area contributed by atoms with Gasteiger partial charge in [0, 0.05) is 18.2 Å². The standard InChI is InChI=1S/C14H18N4O2/c1-9(7-15)17-14(19)12-8-16-18-13(12)10-3-5-11(20-2)6-4-10/h3-6,8-9H,7,15H2,1-2H3,(H,16,18)(H,17,19)/t9-/m0/s1. The van der Waals surface area contributed by atoms with Crippen LogP contribution in [0.25, 0.3) is 11.3 Å². The zero-order valence-corrected chi connectivity index (χ0v) is 11.5. The van der Waals surface area contributed by atoms with Crippen molar-refractivity contribution >= 4 is 5.91 Å². The molecule has 4 N–H and O–H groups in total. The quantitative estimate of drug-likeness (QED) is 0.762. The van der Waals surface area contributed by atoms with Crippen LogP contribution in [-0.2, 0) is 0 Å². The monoisotopic (exact) mass is 274 g/mol. The van der Waals surface area contributed by atoms with E-state index in [2.05, 4.69) is 15.5 Å². The fraction of sp³-hybridized carbons (Fsp3) is 0.286. The number of ether oxygens (including phenoxy) is 1. The van der Waals surface area contributed by atoms with E-state index in [1.165, 1.54) is 6.20 Å². The van der Waals surface area contributed by atoms with Crippen molar-refractivity contribution in [2.24, 2.45) is 5.73 Å². The summed E-state index contributed by atoms with van der Waals surface area (Å²) in [4.78, 5) is 12.1. The summed E-state index contributed by atoms with van der Waals surface area (Å²) in [6, 6.07) is 7.33. The largest absolute Gasteiger partial charge is 0.497 e. The van der Waals surface area contributed by atoms with E-state index < -0.39 is 0 Å². The Hall–Kier alpha value is -2.34. The minimum absolute atomic E-state index is 0.0823. The van der Waals surface area contributed by atoms with Crippen molar-refractivity contribution in [3.05, 3.63) is 36.0 Å². The second-order valence-electron chi connectivity index (χ2n) is 4.50. The van der Waals surface area contributed by atoms with Crippen molar-refractivity contribution in [2.75, 3.05) is 13.7 Å². The predicted molar refractivity (Wildman–Crippen MR) is 76.6 cm³/mol. The third-order valence-electron chi connectivity index (χ3n) is 2.99. The summed E-state index contributed by atoms with van der Waals surface area (Å²) in [6.07, 6.45) is 1.51. The van der Waals surface area contributed by atoms with Crippen LogP contribution in [-0.4, -0.2) is 35.8 Å². The molecule has 0 aliphatic rings. The Balaban J connectivity index is 2.25. The zero-order valence-electron chi connectivity index (χ0n) is 11.5. The molecule has 1 heterocycles. The van der Waals surface area contributed by atoms with E-state index in [-0.39, 0.29) is 11.9 Å². The van der Waals surface area contributed by atoms with Gasteiger partial charge < -0.3 is 15.8 Å². The van der Waals surface area contributed by atoms with Gasteiger partial charge in [-0.1, -0.05) is 0 Å². The molecule has 2 aromatic rings. The second-order valence-corrected chi connectivity index (χ2v) is 4.50. The topological polar surface area (TPSA) is 93.0 Å². The Morgan fingerprint density at radius 1 is 1.45 bits per heavy atom. The SMILES string of the molecule is COc1ccc(-c2[nH]ncc2C(=O)N[C@@H](C)CN)cc1. The van der Waals surface area contributed by atoms with Gasteiger partial charge in [-0.3, -0.25) is 9.89 Å². The van der Waals surface area contributed by atoms with E-state index in [1.807, 2.05) is 31.2 Å². The van der Waals surface area contributed by atoms with Crippen LogP contribution in [0.5, 0.6) is 5.75 Å². The summed E-state index contributed by atoms with van der Waals surface area (Å²) < 4.78 is 5.11. The number of H-pyrrole nitrogens is 1. The first kappa shape index (κ1) is 14.1. The summed E-state index contributed by atoms with van der Waals surface area (Å²) in [5, 5.41) is 9.61. The third-order valence-corrected chi connectivity index (χ3v) is 2.99. The van der Waals surface area contributed by atoms with Gasteiger partial charge in [-0.15, -0.1) is 0 Å². The number of methoxy groups -OCH3 is 1. The maximum Gasteiger partial charge on any atom is 0.255 e. The number of hydrogen-bond acceptors (Lipinski definition) is 4. The molecule has 1 aromatic carbocycles. The van der Waals surface area contributed by atoms with Gasteiger partial charge in [0.05, 0.1) is 24.6 Å². The minimum atomic E-state index is -0.192. The fourth-order valence-electron chi connectivity index (χ4n) is 1.80. The number of carbonyl (C=O) groups is 1. The van der Waals surface area contributed by atoms with Gasteiger partial charge in [-0.05, 0) is 31.2 Å². The van der Waals surface area contributed by atoms with Crippen LogP contribution < -0.4 is 15.8 Å². The van der Waals surface area contributed by atoms with Gasteiger partial charge in [0.25, 0.3) is 5.91 Å². The average Bonchev–Trinajstić information content (AvgIpc) is 2.96. The van der Waals surface area contributed by atoms with Crippen molar-refractivity contribution in [2.45, 2.75) is 13.0 Å². The van der Waals surface area contributed by atoms with E-state index in [0.717, 1.165) is 11.3 Å². The molecule has 6 nitrogen and oxygen atoms in total. The molecule has 20 heavy (non-hydrogen) atoms. The lowest BCUT2D eigenvalue weighted by Gasteiger charge is -2.11. The molecule has 106 valence electrons. The van der Waals surface area contributed by atoms with Crippen LogP contribution in [0.3, 0.4) is 0 Å². The van der Waals surface area contributed by atoms with Crippen LogP contribution in [0.15, 0.2) is 30.5 Å². The molecule has 1 atom stereocenters. The molecule has 0 bridgehead atoms. The molecule has 0 saturated heterocycles. The number of carbonyl (C=O) groups excluding carboxylic acids is 1. The predicted octanol–water partition coefficient (Wildman–Crippen LogP) is 1.16. The molecule has 0 fully saturated rings. The van der Waals surface area contributed by atoms with E-state index >= 15 is 0 Å². The second kappa shape index (κ2) is 6.21. The number of aromatic amines is 1. The summed E-state index contributed by atoms with van der Waals surface area (Å²) in [6.45, 7) is 2.24. The number of rotatable bonds is 5. The lowest BCUT2D eigenvalue weighted by molar-refractivity contribution is 0.0942. The first-order valence-corrected chi connectivity index (χ1v) is 6.34. The first-order chi connectivity index (χ1) is 9.65. The van der Waals surface area contributed by atoms with Crippen molar-refractivity contribution in [3.8, 4) is 17.0 Å². The van der Waals surface area contributed by atoms with E-state index in [9.17, 15) is 4.79 Å². The molecular weight excluding hydrogens is 256 g/mol. The van der Waals surface area contributed by atoms with Gasteiger partial charge in [-0.2, -0.15) is 5.10 Å². The summed E-state index contributed by atoms with van der Waals surface area (Å²) in [7, 11) is 1.61. The van der Waals surface area contributed by atoms with Crippen LogP contribution in [0.4, 0.5) is 0 Å². The highest BCUT2D eigenvalue weighted by Gasteiger charge is 2.16. The van der Waals surface area contributed by atoms with E-state index in [0.29, 0.717) is 17.8 Å². The number of aromatic nitrogens is 2. The van der Waals surface area contributed by atoms with Crippen LogP contribution >= 0.6 is 0 Å². The summed E-state index contributed by atoms with van der Waals surface area (Å²) in [5.41, 5.74) is 7.54. The number of nitrogens with zero attached hydrogens (tertiary/aromatic N) is 1. The fourth-order valence-corrected chi connectivity index (χ4v) is 1.80. The molecule has 0 aliphatic heterocycles. The van der Waals surface area contributed by atoms with Crippen LogP contribution in [0.2, 0.25) is 0 Å². The Morgan fingerprint density at radius 2 is 2.15 bits per heavy atom. The van der Waals surface area contributed by atoms with Gasteiger partial charge in [0.15, 0.2) is 0 Å². The van der Waals surface area contributed by atoms with Crippen molar-refractivity contribution in [3.63, 3.8) is 0 Å². The molecule has 0 radical (unpaired) electrons. The first-order valence-electron chi connectivity index (χ1n) is 6.34. The number of nitrogens with one attached hydrogen (secondary N) is 2. The molecule has 2 rings (SSSR count). The number of nitrogens with two attached hydrogens (primary N) is 1. The maximum absolute atomic E-state index is 12.1.